The summed E-state index contributed by atoms with van der Waals surface area (Å²) in [5, 5.41) is 4.10. The summed E-state index contributed by atoms with van der Waals surface area (Å²) in [4.78, 5) is 12.7. The van der Waals surface area contributed by atoms with Crippen molar-refractivity contribution < 1.29 is 26.5 Å². The number of hydrogen-bond acceptors (Lipinski definition) is 2. The number of esters is 1. The molecule has 0 amide bonds. The van der Waals surface area contributed by atoms with E-state index in [0.717, 1.165) is 6.16 Å². The average molecular weight is 497 g/mol. The third kappa shape index (κ3) is 4.36. The first-order chi connectivity index (χ1) is 14.5. The van der Waals surface area contributed by atoms with Crippen molar-refractivity contribution >= 4 is 29.1 Å². The number of carbonyl (C=O) groups is 1. The fourth-order valence-electron chi connectivity index (χ4n) is 4.89. The summed E-state index contributed by atoms with van der Waals surface area (Å²) in [5.41, 5.74) is -0.0458. The number of ether oxygens (including phenoxy) is 1. The van der Waals surface area contributed by atoms with E-state index in [1.807, 2.05) is 6.92 Å². The van der Waals surface area contributed by atoms with Gasteiger partial charge in [0.25, 0.3) is 0 Å². The van der Waals surface area contributed by atoms with Crippen molar-refractivity contribution in [3.8, 4) is 0 Å². The van der Waals surface area contributed by atoms with Crippen molar-refractivity contribution in [1.82, 2.24) is 0 Å². The minimum Gasteiger partial charge on any atom is -1.00 e. The van der Waals surface area contributed by atoms with Gasteiger partial charge in [-0.05, 0) is 48.7 Å². The lowest BCUT2D eigenvalue weighted by molar-refractivity contribution is -0.145. The molecule has 3 aromatic rings. The summed E-state index contributed by atoms with van der Waals surface area (Å²) in [6.45, 7) is 6.76. The Morgan fingerprint density at radius 1 is 0.806 bits per heavy atom. The lowest BCUT2D eigenvalue weighted by Crippen LogP contribution is -3.00. The minimum absolute atomic E-state index is 0. The molecule has 1 fully saturated rings. The Kier molecular flexibility index (Phi) is 7.39. The predicted molar refractivity (Wildman–Crippen MR) is 127 cm³/mol. The zero-order valence-corrected chi connectivity index (χ0v) is 20.9. The van der Waals surface area contributed by atoms with Crippen molar-refractivity contribution in [3.63, 3.8) is 0 Å². The predicted octanol–water partition coefficient (Wildman–Crippen LogP) is 1.82. The van der Waals surface area contributed by atoms with E-state index in [9.17, 15) is 4.79 Å². The highest BCUT2D eigenvalue weighted by atomic mass is 79.9. The van der Waals surface area contributed by atoms with Gasteiger partial charge in [-0.3, -0.25) is 4.79 Å². The zero-order chi connectivity index (χ0) is 21.2. The molecule has 0 N–H and O–H groups in total. The van der Waals surface area contributed by atoms with Crippen molar-refractivity contribution in [2.24, 2.45) is 17.3 Å². The topological polar surface area (TPSA) is 26.3 Å². The van der Waals surface area contributed by atoms with E-state index in [4.69, 9.17) is 4.74 Å². The van der Waals surface area contributed by atoms with E-state index < -0.39 is 7.26 Å². The number of rotatable bonds is 7. The van der Waals surface area contributed by atoms with Crippen LogP contribution < -0.4 is 32.9 Å². The van der Waals surface area contributed by atoms with Crippen molar-refractivity contribution in [2.45, 2.75) is 20.8 Å². The van der Waals surface area contributed by atoms with Gasteiger partial charge in [0.1, 0.15) is 23.2 Å². The maximum Gasteiger partial charge on any atom is 0.309 e. The van der Waals surface area contributed by atoms with Crippen LogP contribution in [0.2, 0.25) is 0 Å². The second kappa shape index (κ2) is 9.67. The van der Waals surface area contributed by atoms with Gasteiger partial charge in [-0.25, -0.2) is 0 Å². The number of hydrogen-bond donors (Lipinski definition) is 0. The van der Waals surface area contributed by atoms with E-state index in [1.165, 1.54) is 15.9 Å². The van der Waals surface area contributed by atoms with E-state index in [0.29, 0.717) is 12.5 Å². The summed E-state index contributed by atoms with van der Waals surface area (Å²) in [5.74, 6) is 0.221. The van der Waals surface area contributed by atoms with Crippen LogP contribution in [0.15, 0.2) is 91.0 Å². The average Bonchev–Trinajstić information content (AvgIpc) is 3.33. The van der Waals surface area contributed by atoms with Crippen LogP contribution in [0.3, 0.4) is 0 Å². The molecule has 1 saturated carbocycles. The van der Waals surface area contributed by atoms with Gasteiger partial charge in [-0.2, -0.15) is 0 Å². The molecule has 31 heavy (non-hydrogen) atoms. The quantitative estimate of drug-likeness (QED) is 0.368. The molecule has 0 aromatic heterocycles. The third-order valence-electron chi connectivity index (χ3n) is 6.65. The summed E-state index contributed by atoms with van der Waals surface area (Å²) in [6.07, 6.45) is 0.974. The molecule has 4 rings (SSSR count). The Balaban J connectivity index is 0.00000272. The minimum atomic E-state index is -1.93. The number of carbonyl (C=O) groups excluding carboxylic acids is 1. The highest BCUT2D eigenvalue weighted by Crippen LogP contribution is 2.68. The number of halogens is 1. The van der Waals surface area contributed by atoms with Gasteiger partial charge in [0, 0.05) is 5.92 Å². The zero-order valence-electron chi connectivity index (χ0n) is 18.4. The summed E-state index contributed by atoms with van der Waals surface area (Å²) in [7, 11) is -1.93. The first-order valence-electron chi connectivity index (χ1n) is 10.7. The van der Waals surface area contributed by atoms with Crippen LogP contribution in [-0.4, -0.2) is 18.7 Å². The molecule has 1 aliphatic carbocycles. The molecular formula is C27H30BrO2P. The number of benzene rings is 3. The second-order valence-corrected chi connectivity index (χ2v) is 12.2. The smallest absolute Gasteiger partial charge is 0.309 e. The Morgan fingerprint density at radius 3 is 1.55 bits per heavy atom. The Bertz CT molecular complexity index is 893. The molecule has 4 heteroatoms. The van der Waals surface area contributed by atoms with E-state index in [1.54, 1.807) is 0 Å². The van der Waals surface area contributed by atoms with Crippen LogP contribution in [-0.2, 0) is 9.53 Å². The molecule has 0 saturated heterocycles. The lowest BCUT2D eigenvalue weighted by Gasteiger charge is -2.28. The molecule has 0 heterocycles. The molecule has 2 atom stereocenters. The fraction of sp³-hybridized carbons (Fsp3) is 0.296. The highest BCUT2D eigenvalue weighted by molar-refractivity contribution is 7.95. The van der Waals surface area contributed by atoms with Crippen LogP contribution in [0.5, 0.6) is 0 Å². The maximum atomic E-state index is 12.7. The monoisotopic (exact) mass is 496 g/mol. The van der Waals surface area contributed by atoms with Gasteiger partial charge in [0.2, 0.25) is 0 Å². The van der Waals surface area contributed by atoms with Crippen LogP contribution in [0, 0.1) is 17.3 Å². The Morgan fingerprint density at radius 2 is 1.19 bits per heavy atom. The molecule has 0 aliphatic heterocycles. The molecule has 0 radical (unpaired) electrons. The molecular weight excluding hydrogens is 467 g/mol. The fourth-order valence-corrected chi connectivity index (χ4v) is 9.73. The van der Waals surface area contributed by atoms with Gasteiger partial charge < -0.3 is 21.7 Å². The van der Waals surface area contributed by atoms with Crippen molar-refractivity contribution in [3.05, 3.63) is 91.0 Å². The van der Waals surface area contributed by atoms with Crippen LogP contribution >= 0.6 is 7.26 Å². The SMILES string of the molecule is CCOC(=O)C1C(C[P+](c2ccccc2)(c2ccccc2)c2ccccc2)C1(C)C.[Br-]. The lowest BCUT2D eigenvalue weighted by atomic mass is 10.1. The largest absolute Gasteiger partial charge is 1.00 e. The molecule has 3 aromatic carbocycles. The molecule has 162 valence electrons. The normalized spacial score (nSPS) is 19.2. The standard InChI is InChI=1S/C27H30O2P.BrH/c1-4-29-26(28)25-24(27(25,2)3)20-30(21-14-8-5-9-15-21,22-16-10-6-11-17-22)23-18-12-7-13-19-23;/h5-19,24-25H,4,20H2,1-3H3;1H/q+1;/p-1. The molecule has 0 bridgehead atoms. The summed E-state index contributed by atoms with van der Waals surface area (Å²) >= 11 is 0. The maximum absolute atomic E-state index is 12.7. The van der Waals surface area contributed by atoms with Crippen LogP contribution in [0.1, 0.15) is 20.8 Å². The molecule has 0 spiro atoms. The Hall–Kier alpha value is -1.96. The van der Waals surface area contributed by atoms with Gasteiger partial charge in [0.15, 0.2) is 0 Å². The van der Waals surface area contributed by atoms with E-state index in [2.05, 4.69) is 105 Å². The van der Waals surface area contributed by atoms with Crippen molar-refractivity contribution in [1.29, 1.82) is 0 Å². The molecule has 2 unspecified atom stereocenters. The second-order valence-electron chi connectivity index (χ2n) is 8.66. The van der Waals surface area contributed by atoms with Gasteiger partial charge in [-0.1, -0.05) is 68.4 Å². The summed E-state index contributed by atoms with van der Waals surface area (Å²) in [6, 6.07) is 32.7. The third-order valence-corrected chi connectivity index (χ3v) is 11.1. The van der Waals surface area contributed by atoms with Crippen molar-refractivity contribution in [2.75, 3.05) is 12.8 Å². The Labute approximate surface area is 197 Å². The van der Waals surface area contributed by atoms with Gasteiger partial charge in [-0.15, -0.1) is 0 Å². The van der Waals surface area contributed by atoms with Gasteiger partial charge >= 0.3 is 5.97 Å². The summed E-state index contributed by atoms with van der Waals surface area (Å²) < 4.78 is 5.44. The first kappa shape index (κ1) is 23.7. The van der Waals surface area contributed by atoms with Crippen LogP contribution in [0.4, 0.5) is 0 Å². The van der Waals surface area contributed by atoms with Gasteiger partial charge in [0.05, 0.1) is 18.7 Å². The van der Waals surface area contributed by atoms with E-state index >= 15 is 0 Å². The molecule has 2 nitrogen and oxygen atoms in total. The highest BCUT2D eigenvalue weighted by Gasteiger charge is 2.67. The van der Waals surface area contributed by atoms with Crippen LogP contribution in [0.25, 0.3) is 0 Å². The van der Waals surface area contributed by atoms with E-state index in [-0.39, 0.29) is 34.3 Å². The molecule has 1 aliphatic rings. The first-order valence-corrected chi connectivity index (χ1v) is 12.7.